The average molecular weight is 339 g/mol. The zero-order valence-corrected chi connectivity index (χ0v) is 13.9. The van der Waals surface area contributed by atoms with Gasteiger partial charge in [0.2, 0.25) is 0 Å². The van der Waals surface area contributed by atoms with Crippen molar-refractivity contribution in [1.82, 2.24) is 0 Å². The number of nitrogens with zero attached hydrogens (tertiary/aromatic N) is 2. The summed E-state index contributed by atoms with van der Waals surface area (Å²) in [6.45, 7) is 0.509. The van der Waals surface area contributed by atoms with E-state index in [0.29, 0.717) is 18.1 Å². The predicted molar refractivity (Wildman–Crippen MR) is 101 cm³/mol. The van der Waals surface area contributed by atoms with E-state index in [1.807, 2.05) is 91.0 Å². The molecule has 3 rings (SSSR count). The number of hydrogen-bond acceptors (Lipinski definition) is 2. The van der Waals surface area contributed by atoms with Crippen LogP contribution in [0.1, 0.15) is 11.1 Å². The van der Waals surface area contributed by atoms with Crippen LogP contribution in [-0.4, -0.2) is 11.0 Å². The number of para-hydroxylation sites is 1. The standard InChI is InChI=1S/C20H18N2O.ClH/c23-22(19-14-8-3-9-15-19)20(18-12-6-2-7-13-18)21-16-17-10-4-1-5-11-17;/h1-15,23H,16H2;1H. The molecule has 122 valence electrons. The molecule has 0 amide bonds. The number of hydrogen-bond donors (Lipinski definition) is 1. The van der Waals surface area contributed by atoms with E-state index in [0.717, 1.165) is 16.2 Å². The van der Waals surface area contributed by atoms with Gasteiger partial charge in [-0.1, -0.05) is 78.9 Å². The van der Waals surface area contributed by atoms with Crippen molar-refractivity contribution >= 4 is 23.9 Å². The van der Waals surface area contributed by atoms with Gasteiger partial charge in [0.05, 0.1) is 12.2 Å². The monoisotopic (exact) mass is 338 g/mol. The Kier molecular flexibility index (Phi) is 6.55. The number of amidine groups is 1. The van der Waals surface area contributed by atoms with Crippen LogP contribution in [0.15, 0.2) is 96.0 Å². The number of hydroxylamine groups is 1. The Bertz CT molecular complexity index is 761. The summed E-state index contributed by atoms with van der Waals surface area (Å²) in [6, 6.07) is 29.1. The molecule has 1 N–H and O–H groups in total. The molecule has 3 aromatic carbocycles. The Morgan fingerprint density at radius 2 is 1.25 bits per heavy atom. The van der Waals surface area contributed by atoms with E-state index in [1.165, 1.54) is 0 Å². The van der Waals surface area contributed by atoms with Gasteiger partial charge in [0.25, 0.3) is 0 Å². The minimum Gasteiger partial charge on any atom is -0.282 e. The molecule has 0 spiro atoms. The first-order valence-electron chi connectivity index (χ1n) is 7.52. The number of halogens is 1. The molecule has 4 heteroatoms. The largest absolute Gasteiger partial charge is 0.282 e. The summed E-state index contributed by atoms with van der Waals surface area (Å²) in [7, 11) is 0. The lowest BCUT2D eigenvalue weighted by Gasteiger charge is -2.19. The summed E-state index contributed by atoms with van der Waals surface area (Å²) in [5.74, 6) is 0.528. The highest BCUT2D eigenvalue weighted by Gasteiger charge is 2.13. The van der Waals surface area contributed by atoms with Crippen LogP contribution >= 0.6 is 12.4 Å². The molecule has 0 aliphatic carbocycles. The fraction of sp³-hybridized carbons (Fsp3) is 0.0500. The van der Waals surface area contributed by atoms with Gasteiger partial charge in [-0.3, -0.25) is 10.2 Å². The molecule has 0 aromatic heterocycles. The number of rotatable bonds is 4. The molecule has 3 aromatic rings. The summed E-state index contributed by atoms with van der Waals surface area (Å²) >= 11 is 0. The summed E-state index contributed by atoms with van der Waals surface area (Å²) in [5, 5.41) is 11.8. The topological polar surface area (TPSA) is 35.8 Å². The summed E-state index contributed by atoms with van der Waals surface area (Å²) in [5.41, 5.74) is 2.65. The van der Waals surface area contributed by atoms with Crippen LogP contribution in [0.5, 0.6) is 0 Å². The van der Waals surface area contributed by atoms with Crippen LogP contribution in [0.4, 0.5) is 5.69 Å². The Morgan fingerprint density at radius 3 is 1.83 bits per heavy atom. The highest BCUT2D eigenvalue weighted by Crippen LogP contribution is 2.16. The van der Waals surface area contributed by atoms with E-state index in [-0.39, 0.29) is 12.4 Å². The van der Waals surface area contributed by atoms with Gasteiger partial charge in [0, 0.05) is 5.56 Å². The summed E-state index contributed by atoms with van der Waals surface area (Å²) in [6.07, 6.45) is 0. The predicted octanol–water partition coefficient (Wildman–Crippen LogP) is 4.95. The quantitative estimate of drug-likeness (QED) is 0.415. The molecule has 0 atom stereocenters. The number of anilines is 1. The van der Waals surface area contributed by atoms with Crippen molar-refractivity contribution < 1.29 is 5.21 Å². The van der Waals surface area contributed by atoms with Crippen LogP contribution in [0.3, 0.4) is 0 Å². The maximum absolute atomic E-state index is 10.6. The minimum atomic E-state index is 0. The van der Waals surface area contributed by atoms with Crippen molar-refractivity contribution in [3.63, 3.8) is 0 Å². The van der Waals surface area contributed by atoms with Crippen molar-refractivity contribution in [2.24, 2.45) is 4.99 Å². The van der Waals surface area contributed by atoms with E-state index in [1.54, 1.807) is 0 Å². The lowest BCUT2D eigenvalue weighted by atomic mass is 10.2. The Balaban J connectivity index is 0.00000208. The van der Waals surface area contributed by atoms with E-state index >= 15 is 0 Å². The molecule has 0 bridgehead atoms. The molecule has 3 nitrogen and oxygen atoms in total. The Labute approximate surface area is 148 Å². The molecule has 0 heterocycles. The first kappa shape index (κ1) is 17.7. The lowest BCUT2D eigenvalue weighted by Crippen LogP contribution is -2.28. The molecule has 0 radical (unpaired) electrons. The van der Waals surface area contributed by atoms with Gasteiger partial charge in [-0.05, 0) is 17.7 Å². The zero-order chi connectivity index (χ0) is 15.9. The molecule has 0 saturated heterocycles. The van der Waals surface area contributed by atoms with Gasteiger partial charge >= 0.3 is 0 Å². The molecule has 24 heavy (non-hydrogen) atoms. The fourth-order valence-corrected chi connectivity index (χ4v) is 2.31. The third-order valence-electron chi connectivity index (χ3n) is 3.49. The second kappa shape index (κ2) is 8.87. The van der Waals surface area contributed by atoms with Crippen molar-refractivity contribution in [3.8, 4) is 0 Å². The maximum atomic E-state index is 10.6. The third kappa shape index (κ3) is 4.44. The van der Waals surface area contributed by atoms with Crippen LogP contribution < -0.4 is 5.06 Å². The normalized spacial score (nSPS) is 10.8. The number of benzene rings is 3. The van der Waals surface area contributed by atoms with Crippen LogP contribution in [0.25, 0.3) is 0 Å². The molecule has 0 saturated carbocycles. The van der Waals surface area contributed by atoms with Gasteiger partial charge in [-0.2, -0.15) is 0 Å². The van der Waals surface area contributed by atoms with Gasteiger partial charge in [-0.25, -0.2) is 5.06 Å². The van der Waals surface area contributed by atoms with Crippen molar-refractivity contribution in [3.05, 3.63) is 102 Å². The van der Waals surface area contributed by atoms with Crippen molar-refractivity contribution in [2.75, 3.05) is 5.06 Å². The van der Waals surface area contributed by atoms with Crippen LogP contribution in [-0.2, 0) is 6.54 Å². The number of aliphatic imine (C=N–C) groups is 1. The zero-order valence-electron chi connectivity index (χ0n) is 13.1. The summed E-state index contributed by atoms with van der Waals surface area (Å²) in [4.78, 5) is 4.63. The van der Waals surface area contributed by atoms with Crippen molar-refractivity contribution in [1.29, 1.82) is 0 Å². The highest BCUT2D eigenvalue weighted by molar-refractivity contribution is 6.08. The molecular formula is C20H19ClN2O. The van der Waals surface area contributed by atoms with E-state index in [4.69, 9.17) is 0 Å². The molecule has 0 unspecified atom stereocenters. The first-order valence-corrected chi connectivity index (χ1v) is 7.52. The van der Waals surface area contributed by atoms with Crippen LogP contribution in [0, 0.1) is 0 Å². The minimum absolute atomic E-state index is 0. The maximum Gasteiger partial charge on any atom is 0.160 e. The van der Waals surface area contributed by atoms with Gasteiger partial charge in [0.1, 0.15) is 0 Å². The second-order valence-corrected chi connectivity index (χ2v) is 5.14. The summed E-state index contributed by atoms with van der Waals surface area (Å²) < 4.78 is 0. The van der Waals surface area contributed by atoms with Crippen LogP contribution in [0.2, 0.25) is 0 Å². The average Bonchev–Trinajstić information content (AvgIpc) is 2.64. The second-order valence-electron chi connectivity index (χ2n) is 5.14. The SMILES string of the molecule is Cl.ON(C(=NCc1ccccc1)c1ccccc1)c1ccccc1. The Morgan fingerprint density at radius 1 is 0.750 bits per heavy atom. The fourth-order valence-electron chi connectivity index (χ4n) is 2.31. The molecule has 0 aliphatic rings. The van der Waals surface area contributed by atoms with E-state index in [9.17, 15) is 5.21 Å². The molecule has 0 aliphatic heterocycles. The lowest BCUT2D eigenvalue weighted by molar-refractivity contribution is 0.312. The van der Waals surface area contributed by atoms with Gasteiger partial charge < -0.3 is 0 Å². The highest BCUT2D eigenvalue weighted by atomic mass is 35.5. The Hall–Kier alpha value is -2.62. The van der Waals surface area contributed by atoms with Gasteiger partial charge in [0.15, 0.2) is 5.84 Å². The smallest absolute Gasteiger partial charge is 0.160 e. The van der Waals surface area contributed by atoms with Crippen molar-refractivity contribution in [2.45, 2.75) is 6.54 Å². The molecular weight excluding hydrogens is 320 g/mol. The third-order valence-corrected chi connectivity index (χ3v) is 3.49. The molecule has 0 fully saturated rings. The van der Waals surface area contributed by atoms with E-state index < -0.39 is 0 Å². The first-order chi connectivity index (χ1) is 11.3. The van der Waals surface area contributed by atoms with Gasteiger partial charge in [-0.15, -0.1) is 12.4 Å². The van der Waals surface area contributed by atoms with E-state index in [2.05, 4.69) is 4.99 Å².